The number of benzene rings is 1. The van der Waals surface area contributed by atoms with E-state index in [0.717, 1.165) is 18.2 Å². The molecule has 1 rings (SSSR count). The first-order chi connectivity index (χ1) is 7.31. The predicted molar refractivity (Wildman–Crippen MR) is 50.9 cm³/mol. The fourth-order valence-corrected chi connectivity index (χ4v) is 1.30. The number of hydrogen-bond donors (Lipinski definition) is 0. The molecule has 0 bridgehead atoms. The molecule has 0 radical (unpaired) electrons. The van der Waals surface area contributed by atoms with Crippen molar-refractivity contribution >= 4 is 23.7 Å². The van der Waals surface area contributed by atoms with Gasteiger partial charge in [-0.15, -0.1) is 0 Å². The number of nitrogens with zero attached hydrogens (tertiary/aromatic N) is 1. The van der Waals surface area contributed by atoms with Crippen LogP contribution in [0.4, 0.5) is 23.2 Å². The third kappa shape index (κ3) is 3.69. The molecule has 0 aliphatic carbocycles. The Kier molecular flexibility index (Phi) is 3.74. The van der Waals surface area contributed by atoms with Crippen molar-refractivity contribution in [1.29, 1.82) is 0 Å². The maximum absolute atomic E-state index is 12.8. The van der Waals surface area contributed by atoms with Crippen LogP contribution >= 0.6 is 11.6 Å². The average Bonchev–Trinajstić information content (AvgIpc) is 2.11. The summed E-state index contributed by atoms with van der Waals surface area (Å²) >= 11 is 5.46. The lowest BCUT2D eigenvalue weighted by molar-refractivity contribution is -0.126. The summed E-state index contributed by atoms with van der Waals surface area (Å²) in [5.74, 6) is -0.809. The van der Waals surface area contributed by atoms with Gasteiger partial charge in [0.25, 0.3) is 0 Å². The molecule has 0 saturated heterocycles. The molecular weight excluding hydrogens is 250 g/mol. The minimum Gasteiger partial charge on any atom is -0.306 e. The Hall–Kier alpha value is -1.30. The maximum Gasteiger partial charge on any atom is 0.406 e. The normalized spacial score (nSPS) is 11.3. The lowest BCUT2D eigenvalue weighted by Crippen LogP contribution is -2.33. The van der Waals surface area contributed by atoms with E-state index in [1.54, 1.807) is 0 Å². The van der Waals surface area contributed by atoms with E-state index < -0.39 is 18.5 Å². The van der Waals surface area contributed by atoms with E-state index in [1.807, 2.05) is 0 Å². The van der Waals surface area contributed by atoms with E-state index in [0.29, 0.717) is 4.90 Å². The van der Waals surface area contributed by atoms with Crippen LogP contribution in [0.15, 0.2) is 18.2 Å². The van der Waals surface area contributed by atoms with Crippen molar-refractivity contribution in [3.05, 3.63) is 29.0 Å². The third-order valence-electron chi connectivity index (χ3n) is 1.66. The van der Waals surface area contributed by atoms with Crippen molar-refractivity contribution < 1.29 is 22.4 Å². The van der Waals surface area contributed by atoms with Crippen molar-refractivity contribution in [2.75, 3.05) is 11.4 Å². The predicted octanol–water partition coefficient (Wildman–Crippen LogP) is 3.00. The standard InChI is InChI=1S/C9H6ClF4NO/c10-6-1-7(11)3-8(2-6)15(5-16)4-9(12,13)14/h1-3,5H,4H2. The van der Waals surface area contributed by atoms with Gasteiger partial charge in [-0.2, -0.15) is 13.2 Å². The Morgan fingerprint density at radius 3 is 2.38 bits per heavy atom. The Balaban J connectivity index is 2.99. The van der Waals surface area contributed by atoms with Crippen molar-refractivity contribution in [3.63, 3.8) is 0 Å². The fourth-order valence-electron chi connectivity index (χ4n) is 1.09. The molecule has 0 aromatic heterocycles. The molecule has 1 aromatic rings. The van der Waals surface area contributed by atoms with Crippen LogP contribution in [-0.2, 0) is 4.79 Å². The van der Waals surface area contributed by atoms with Gasteiger partial charge in [0.1, 0.15) is 12.4 Å². The Labute approximate surface area is 93.4 Å². The lowest BCUT2D eigenvalue weighted by atomic mass is 10.3. The minimum atomic E-state index is -4.56. The molecule has 0 unspecified atom stereocenters. The van der Waals surface area contributed by atoms with E-state index in [1.165, 1.54) is 0 Å². The van der Waals surface area contributed by atoms with Gasteiger partial charge in [0.15, 0.2) is 0 Å². The first-order valence-electron chi connectivity index (χ1n) is 4.06. The fraction of sp³-hybridized carbons (Fsp3) is 0.222. The summed E-state index contributed by atoms with van der Waals surface area (Å²) in [7, 11) is 0. The second kappa shape index (κ2) is 4.69. The molecule has 0 N–H and O–H groups in total. The topological polar surface area (TPSA) is 20.3 Å². The van der Waals surface area contributed by atoms with Gasteiger partial charge in [-0.25, -0.2) is 4.39 Å². The highest BCUT2D eigenvalue weighted by Crippen LogP contribution is 2.24. The Bertz CT molecular complexity index is 373. The zero-order valence-corrected chi connectivity index (χ0v) is 8.52. The van der Waals surface area contributed by atoms with Gasteiger partial charge in [-0.1, -0.05) is 11.6 Å². The van der Waals surface area contributed by atoms with Crippen LogP contribution in [0, 0.1) is 5.82 Å². The molecule has 0 aliphatic heterocycles. The SMILES string of the molecule is O=CN(CC(F)(F)F)c1cc(F)cc(Cl)c1. The smallest absolute Gasteiger partial charge is 0.306 e. The number of alkyl halides is 3. The molecule has 0 heterocycles. The molecule has 88 valence electrons. The quantitative estimate of drug-likeness (QED) is 0.601. The van der Waals surface area contributed by atoms with E-state index in [2.05, 4.69) is 0 Å². The highest BCUT2D eigenvalue weighted by molar-refractivity contribution is 6.30. The maximum atomic E-state index is 12.8. The van der Waals surface area contributed by atoms with Crippen LogP contribution in [0.25, 0.3) is 0 Å². The highest BCUT2D eigenvalue weighted by Gasteiger charge is 2.31. The summed E-state index contributed by atoms with van der Waals surface area (Å²) in [6, 6.07) is 2.80. The van der Waals surface area contributed by atoms with Gasteiger partial charge in [-0.05, 0) is 18.2 Å². The van der Waals surface area contributed by atoms with E-state index in [-0.39, 0.29) is 17.1 Å². The number of rotatable bonds is 3. The van der Waals surface area contributed by atoms with Gasteiger partial charge in [0.2, 0.25) is 6.41 Å². The summed E-state index contributed by atoms with van der Waals surface area (Å²) < 4.78 is 49.0. The van der Waals surface area contributed by atoms with Gasteiger partial charge >= 0.3 is 6.18 Å². The zero-order chi connectivity index (χ0) is 12.3. The zero-order valence-electron chi connectivity index (χ0n) is 7.76. The number of carbonyl (C=O) groups is 1. The summed E-state index contributed by atoms with van der Waals surface area (Å²) in [6.07, 6.45) is -4.59. The molecule has 0 aliphatic rings. The van der Waals surface area contributed by atoms with Crippen LogP contribution in [0.2, 0.25) is 5.02 Å². The van der Waals surface area contributed by atoms with Crippen molar-refractivity contribution in [3.8, 4) is 0 Å². The van der Waals surface area contributed by atoms with Crippen molar-refractivity contribution in [2.45, 2.75) is 6.18 Å². The van der Waals surface area contributed by atoms with Gasteiger partial charge in [0.05, 0.1) is 0 Å². The van der Waals surface area contributed by atoms with Crippen LogP contribution in [-0.4, -0.2) is 19.1 Å². The highest BCUT2D eigenvalue weighted by atomic mass is 35.5. The minimum absolute atomic E-state index is 0.0292. The summed E-state index contributed by atoms with van der Waals surface area (Å²) in [5, 5.41) is -0.0796. The van der Waals surface area contributed by atoms with Crippen LogP contribution in [0.3, 0.4) is 0 Å². The average molecular weight is 256 g/mol. The molecule has 16 heavy (non-hydrogen) atoms. The van der Waals surface area contributed by atoms with Crippen LogP contribution in [0.5, 0.6) is 0 Å². The molecular formula is C9H6ClF4NO. The first-order valence-corrected chi connectivity index (χ1v) is 4.44. The third-order valence-corrected chi connectivity index (χ3v) is 1.87. The molecule has 1 aromatic carbocycles. The second-order valence-corrected chi connectivity index (χ2v) is 3.41. The van der Waals surface area contributed by atoms with Crippen molar-refractivity contribution in [2.24, 2.45) is 0 Å². The van der Waals surface area contributed by atoms with Gasteiger partial charge in [0, 0.05) is 10.7 Å². The molecule has 0 saturated carbocycles. The summed E-state index contributed by atoms with van der Waals surface area (Å²) in [4.78, 5) is 10.8. The molecule has 2 nitrogen and oxygen atoms in total. The Morgan fingerprint density at radius 1 is 1.31 bits per heavy atom. The number of hydrogen-bond acceptors (Lipinski definition) is 1. The van der Waals surface area contributed by atoms with Gasteiger partial charge < -0.3 is 4.90 Å². The largest absolute Gasteiger partial charge is 0.406 e. The lowest BCUT2D eigenvalue weighted by Gasteiger charge is -2.19. The van der Waals surface area contributed by atoms with Crippen LogP contribution < -0.4 is 4.90 Å². The van der Waals surface area contributed by atoms with E-state index >= 15 is 0 Å². The number of anilines is 1. The number of halogens is 5. The molecule has 0 spiro atoms. The summed E-state index contributed by atoms with van der Waals surface area (Å²) in [5.41, 5.74) is -0.239. The molecule has 7 heteroatoms. The summed E-state index contributed by atoms with van der Waals surface area (Å²) in [6.45, 7) is -1.49. The van der Waals surface area contributed by atoms with Gasteiger partial charge in [-0.3, -0.25) is 4.79 Å². The van der Waals surface area contributed by atoms with E-state index in [9.17, 15) is 22.4 Å². The monoisotopic (exact) mass is 255 g/mol. The molecule has 0 fully saturated rings. The van der Waals surface area contributed by atoms with Crippen molar-refractivity contribution in [1.82, 2.24) is 0 Å². The molecule has 0 atom stereocenters. The Morgan fingerprint density at radius 2 is 1.94 bits per heavy atom. The second-order valence-electron chi connectivity index (χ2n) is 2.98. The number of carbonyl (C=O) groups excluding carboxylic acids is 1. The van der Waals surface area contributed by atoms with Crippen LogP contribution in [0.1, 0.15) is 0 Å². The van der Waals surface area contributed by atoms with E-state index in [4.69, 9.17) is 11.6 Å². The first kappa shape index (κ1) is 12.8. The number of amides is 1. The molecule has 1 amide bonds.